The summed E-state index contributed by atoms with van der Waals surface area (Å²) in [5.41, 5.74) is 1.12. The quantitative estimate of drug-likeness (QED) is 0.876. The Labute approximate surface area is 132 Å². The average molecular weight is 312 g/mol. The average Bonchev–Trinajstić information content (AvgIpc) is 2.46. The molecule has 2 rings (SSSR count). The first kappa shape index (κ1) is 16.5. The smallest absolute Gasteiger partial charge is 0.147 e. The fraction of sp³-hybridized carbons (Fsp3) is 0.688. The Morgan fingerprint density at radius 2 is 2.14 bits per heavy atom. The van der Waals surface area contributed by atoms with Gasteiger partial charge in [0, 0.05) is 45.6 Å². The Kier molecular flexibility index (Phi) is 6.27. The summed E-state index contributed by atoms with van der Waals surface area (Å²) in [6, 6.07) is 2.47. The molecular formula is C16H26ClN3O. The molecule has 4 nitrogen and oxygen atoms in total. The zero-order valence-corrected chi connectivity index (χ0v) is 14.0. The van der Waals surface area contributed by atoms with E-state index in [1.165, 1.54) is 0 Å². The van der Waals surface area contributed by atoms with Crippen molar-refractivity contribution in [1.29, 1.82) is 0 Å². The minimum atomic E-state index is 0.458. The summed E-state index contributed by atoms with van der Waals surface area (Å²) in [7, 11) is 2.07. The highest BCUT2D eigenvalue weighted by Gasteiger charge is 2.18. The number of aromatic nitrogens is 1. The summed E-state index contributed by atoms with van der Waals surface area (Å²) in [5, 5.41) is 4.11. The summed E-state index contributed by atoms with van der Waals surface area (Å²) in [6.45, 7) is 7.79. The lowest BCUT2D eigenvalue weighted by Crippen LogP contribution is -2.30. The first-order valence-electron chi connectivity index (χ1n) is 7.73. The molecule has 0 bridgehead atoms. The molecule has 2 heterocycles. The SMILES string of the molecule is CC(C)NCc1cnc(N(C)CC2CCOCC2)c(Cl)c1. The standard InChI is InChI=1S/C16H26ClN3O/c1-12(2)18-9-14-8-15(17)16(19-10-14)20(3)11-13-4-6-21-7-5-13/h8,10,12-13,18H,4-7,9,11H2,1-3H3. The van der Waals surface area contributed by atoms with Crippen molar-refractivity contribution in [3.05, 3.63) is 22.8 Å². The number of rotatable bonds is 6. The highest BCUT2D eigenvalue weighted by molar-refractivity contribution is 6.33. The van der Waals surface area contributed by atoms with Crippen LogP contribution in [0.15, 0.2) is 12.3 Å². The highest BCUT2D eigenvalue weighted by atomic mass is 35.5. The van der Waals surface area contributed by atoms with Crippen molar-refractivity contribution in [3.8, 4) is 0 Å². The predicted molar refractivity (Wildman–Crippen MR) is 88.0 cm³/mol. The maximum Gasteiger partial charge on any atom is 0.147 e. The Balaban J connectivity index is 1.95. The van der Waals surface area contributed by atoms with Gasteiger partial charge in [0.05, 0.1) is 5.02 Å². The van der Waals surface area contributed by atoms with Crippen molar-refractivity contribution in [1.82, 2.24) is 10.3 Å². The molecule has 0 radical (unpaired) electrons. The molecule has 1 aromatic rings. The number of pyridine rings is 1. The summed E-state index contributed by atoms with van der Waals surface area (Å²) in [5.74, 6) is 1.54. The number of hydrogen-bond acceptors (Lipinski definition) is 4. The van der Waals surface area contributed by atoms with Gasteiger partial charge in [-0.2, -0.15) is 0 Å². The third-order valence-electron chi connectivity index (χ3n) is 3.83. The van der Waals surface area contributed by atoms with Crippen LogP contribution >= 0.6 is 11.6 Å². The zero-order chi connectivity index (χ0) is 15.2. The van der Waals surface area contributed by atoms with Crippen molar-refractivity contribution >= 4 is 17.4 Å². The van der Waals surface area contributed by atoms with Gasteiger partial charge < -0.3 is 15.0 Å². The van der Waals surface area contributed by atoms with Crippen molar-refractivity contribution in [2.45, 2.75) is 39.3 Å². The molecule has 21 heavy (non-hydrogen) atoms. The molecule has 5 heteroatoms. The third-order valence-corrected chi connectivity index (χ3v) is 4.11. The van der Waals surface area contributed by atoms with E-state index in [-0.39, 0.29) is 0 Å². The Hall–Kier alpha value is -0.840. The molecule has 0 atom stereocenters. The molecule has 1 aromatic heterocycles. The van der Waals surface area contributed by atoms with E-state index in [0.29, 0.717) is 12.0 Å². The van der Waals surface area contributed by atoms with Gasteiger partial charge >= 0.3 is 0 Å². The van der Waals surface area contributed by atoms with Crippen LogP contribution in [0, 0.1) is 5.92 Å². The third kappa shape index (κ3) is 5.13. The second-order valence-corrected chi connectivity index (χ2v) is 6.53. The monoisotopic (exact) mass is 311 g/mol. The van der Waals surface area contributed by atoms with Crippen molar-refractivity contribution in [2.75, 3.05) is 31.7 Å². The van der Waals surface area contributed by atoms with Crippen LogP contribution in [-0.4, -0.2) is 37.8 Å². The van der Waals surface area contributed by atoms with Gasteiger partial charge in [0.1, 0.15) is 5.82 Å². The molecule has 0 spiro atoms. The molecule has 118 valence electrons. The van der Waals surface area contributed by atoms with E-state index in [1.807, 2.05) is 12.3 Å². The Bertz CT molecular complexity index is 447. The van der Waals surface area contributed by atoms with E-state index in [1.54, 1.807) is 0 Å². The van der Waals surface area contributed by atoms with Crippen LogP contribution < -0.4 is 10.2 Å². The van der Waals surface area contributed by atoms with E-state index >= 15 is 0 Å². The first-order valence-corrected chi connectivity index (χ1v) is 8.10. The largest absolute Gasteiger partial charge is 0.381 e. The van der Waals surface area contributed by atoms with Gasteiger partial charge in [0.15, 0.2) is 0 Å². The molecular weight excluding hydrogens is 286 g/mol. The number of nitrogens with one attached hydrogen (secondary N) is 1. The minimum Gasteiger partial charge on any atom is -0.381 e. The van der Waals surface area contributed by atoms with Crippen LogP contribution in [-0.2, 0) is 11.3 Å². The van der Waals surface area contributed by atoms with E-state index < -0.39 is 0 Å². The lowest BCUT2D eigenvalue weighted by atomic mass is 10.00. The van der Waals surface area contributed by atoms with Crippen molar-refractivity contribution in [2.24, 2.45) is 5.92 Å². The number of halogens is 1. The summed E-state index contributed by atoms with van der Waals surface area (Å²) >= 11 is 6.40. The summed E-state index contributed by atoms with van der Waals surface area (Å²) in [4.78, 5) is 6.71. The molecule has 1 aliphatic rings. The Morgan fingerprint density at radius 1 is 1.43 bits per heavy atom. The summed E-state index contributed by atoms with van der Waals surface area (Å²) in [6.07, 6.45) is 4.16. The minimum absolute atomic E-state index is 0.458. The number of anilines is 1. The van der Waals surface area contributed by atoms with Crippen LogP contribution in [0.1, 0.15) is 32.3 Å². The summed E-state index contributed by atoms with van der Waals surface area (Å²) < 4.78 is 5.41. The normalized spacial score (nSPS) is 16.4. The molecule has 1 fully saturated rings. The van der Waals surface area contributed by atoms with Crippen LogP contribution in [0.3, 0.4) is 0 Å². The van der Waals surface area contributed by atoms with Crippen molar-refractivity contribution < 1.29 is 4.74 Å². The van der Waals surface area contributed by atoms with Crippen LogP contribution in [0.25, 0.3) is 0 Å². The maximum absolute atomic E-state index is 6.40. The maximum atomic E-state index is 6.40. The van der Waals surface area contributed by atoms with Crippen LogP contribution in [0.5, 0.6) is 0 Å². The van der Waals surface area contributed by atoms with Gasteiger partial charge in [0.25, 0.3) is 0 Å². The van der Waals surface area contributed by atoms with Crippen LogP contribution in [0.4, 0.5) is 5.82 Å². The van der Waals surface area contributed by atoms with Gasteiger partial charge in [0.2, 0.25) is 0 Å². The topological polar surface area (TPSA) is 37.4 Å². The molecule has 0 unspecified atom stereocenters. The van der Waals surface area contributed by atoms with Gasteiger partial charge in [-0.1, -0.05) is 25.4 Å². The fourth-order valence-corrected chi connectivity index (χ4v) is 2.91. The van der Waals surface area contributed by atoms with Gasteiger partial charge in [-0.25, -0.2) is 4.98 Å². The van der Waals surface area contributed by atoms with E-state index in [4.69, 9.17) is 16.3 Å². The van der Waals surface area contributed by atoms with E-state index in [2.05, 4.69) is 36.1 Å². The lowest BCUT2D eigenvalue weighted by molar-refractivity contribution is 0.0685. The van der Waals surface area contributed by atoms with Gasteiger partial charge in [-0.15, -0.1) is 0 Å². The Morgan fingerprint density at radius 3 is 2.76 bits per heavy atom. The number of hydrogen-bond donors (Lipinski definition) is 1. The molecule has 0 aromatic carbocycles. The molecule has 1 aliphatic heterocycles. The second kappa shape index (κ2) is 7.97. The zero-order valence-electron chi connectivity index (χ0n) is 13.2. The number of ether oxygens (including phenoxy) is 1. The van der Waals surface area contributed by atoms with Crippen LogP contribution in [0.2, 0.25) is 5.02 Å². The number of nitrogens with zero attached hydrogens (tertiary/aromatic N) is 2. The molecule has 0 amide bonds. The van der Waals surface area contributed by atoms with E-state index in [9.17, 15) is 0 Å². The van der Waals surface area contributed by atoms with Crippen molar-refractivity contribution in [3.63, 3.8) is 0 Å². The lowest BCUT2D eigenvalue weighted by Gasteiger charge is -2.28. The van der Waals surface area contributed by atoms with Gasteiger partial charge in [-0.3, -0.25) is 0 Å². The molecule has 0 saturated carbocycles. The highest BCUT2D eigenvalue weighted by Crippen LogP contribution is 2.25. The molecule has 1 saturated heterocycles. The predicted octanol–water partition coefficient (Wildman–Crippen LogP) is 3.10. The van der Waals surface area contributed by atoms with E-state index in [0.717, 1.165) is 55.5 Å². The fourth-order valence-electron chi connectivity index (χ4n) is 2.57. The molecule has 1 N–H and O–H groups in total. The van der Waals surface area contributed by atoms with Gasteiger partial charge in [-0.05, 0) is 30.4 Å². The molecule has 0 aliphatic carbocycles. The second-order valence-electron chi connectivity index (χ2n) is 6.12. The first-order chi connectivity index (χ1) is 10.1.